The molecule has 0 aliphatic rings. The predicted octanol–water partition coefficient (Wildman–Crippen LogP) is 5.41. The van der Waals surface area contributed by atoms with E-state index in [-0.39, 0.29) is 16.3 Å². The molecule has 0 unspecified atom stereocenters. The van der Waals surface area contributed by atoms with Crippen LogP contribution in [0.1, 0.15) is 26.3 Å². The molecule has 0 aliphatic heterocycles. The Morgan fingerprint density at radius 3 is 2.21 bits per heavy atom. The highest BCUT2D eigenvalue weighted by Gasteiger charge is 2.34. The number of benzene rings is 3. The lowest BCUT2D eigenvalue weighted by molar-refractivity contribution is -0.137. The van der Waals surface area contributed by atoms with E-state index in [0.717, 1.165) is 6.07 Å². The van der Waals surface area contributed by atoms with E-state index in [2.05, 4.69) is 10.6 Å². The van der Waals surface area contributed by atoms with Crippen LogP contribution < -0.4 is 10.6 Å². The third-order valence-corrected chi connectivity index (χ3v) is 4.56. The van der Waals surface area contributed by atoms with Gasteiger partial charge in [0.1, 0.15) is 0 Å². The number of amides is 2. The van der Waals surface area contributed by atoms with Crippen LogP contribution in [0.15, 0.2) is 72.8 Å². The van der Waals surface area contributed by atoms with Crippen molar-refractivity contribution < 1.29 is 32.3 Å². The molecule has 0 aliphatic carbocycles. The van der Waals surface area contributed by atoms with Crippen molar-refractivity contribution >= 4 is 40.8 Å². The van der Waals surface area contributed by atoms with Gasteiger partial charge in [0.25, 0.3) is 11.8 Å². The molecule has 0 spiro atoms. The summed E-state index contributed by atoms with van der Waals surface area (Å²) in [5.74, 6) is -2.39. The third-order valence-electron chi connectivity index (χ3n) is 4.33. The fraction of sp³-hybridized carbons (Fsp3) is 0.0870. The second-order valence-corrected chi connectivity index (χ2v) is 7.11. The van der Waals surface area contributed by atoms with Crippen LogP contribution in [0.5, 0.6) is 0 Å². The van der Waals surface area contributed by atoms with Crippen molar-refractivity contribution in [1.29, 1.82) is 0 Å². The summed E-state index contributed by atoms with van der Waals surface area (Å²) in [6.45, 7) is -0.847. The largest absolute Gasteiger partial charge is 0.452 e. The number of alkyl halides is 3. The molecule has 3 aromatic rings. The van der Waals surface area contributed by atoms with Gasteiger partial charge in [-0.25, -0.2) is 4.79 Å². The summed E-state index contributed by atoms with van der Waals surface area (Å²) >= 11 is 5.61. The zero-order valence-corrected chi connectivity index (χ0v) is 17.5. The molecule has 10 heteroatoms. The molecule has 170 valence electrons. The van der Waals surface area contributed by atoms with Crippen LogP contribution in [0, 0.1) is 0 Å². The fourth-order valence-corrected chi connectivity index (χ4v) is 2.98. The summed E-state index contributed by atoms with van der Waals surface area (Å²) in [7, 11) is 0. The topological polar surface area (TPSA) is 84.5 Å². The maximum Gasteiger partial charge on any atom is 0.418 e. The standard InChI is InChI=1S/C23H16ClF3N2O4/c24-15-10-11-19(17(12-15)23(25,26)27)28-20(30)13-33-22(32)16-8-4-5-9-18(16)29-21(31)14-6-2-1-3-7-14/h1-12H,13H2,(H,28,30)(H,29,31). The van der Waals surface area contributed by atoms with Crippen molar-refractivity contribution in [3.8, 4) is 0 Å². The van der Waals surface area contributed by atoms with Crippen LogP contribution in [0.25, 0.3) is 0 Å². The lowest BCUT2D eigenvalue weighted by Crippen LogP contribution is -2.23. The third kappa shape index (κ3) is 6.33. The van der Waals surface area contributed by atoms with Crippen molar-refractivity contribution in [2.45, 2.75) is 6.18 Å². The predicted molar refractivity (Wildman–Crippen MR) is 116 cm³/mol. The molecule has 0 bridgehead atoms. The minimum atomic E-state index is -4.75. The van der Waals surface area contributed by atoms with Crippen LogP contribution in [0.2, 0.25) is 5.02 Å². The highest BCUT2D eigenvalue weighted by molar-refractivity contribution is 6.30. The molecule has 0 radical (unpaired) electrons. The van der Waals surface area contributed by atoms with Gasteiger partial charge < -0.3 is 15.4 Å². The first kappa shape index (κ1) is 23.8. The quantitative estimate of drug-likeness (QED) is 0.466. The second-order valence-electron chi connectivity index (χ2n) is 6.68. The van der Waals surface area contributed by atoms with Crippen molar-refractivity contribution in [3.63, 3.8) is 0 Å². The van der Waals surface area contributed by atoms with Gasteiger partial charge in [-0.1, -0.05) is 41.9 Å². The summed E-state index contributed by atoms with van der Waals surface area (Å²) in [4.78, 5) is 36.9. The molecule has 0 atom stereocenters. The maximum atomic E-state index is 13.2. The van der Waals surface area contributed by atoms with Crippen molar-refractivity contribution in [1.82, 2.24) is 0 Å². The van der Waals surface area contributed by atoms with Gasteiger partial charge in [0.05, 0.1) is 22.5 Å². The summed E-state index contributed by atoms with van der Waals surface area (Å²) < 4.78 is 44.4. The van der Waals surface area contributed by atoms with Crippen molar-refractivity contribution in [3.05, 3.63) is 94.5 Å². The molecule has 0 heterocycles. The molecular weight excluding hydrogens is 461 g/mol. The smallest absolute Gasteiger partial charge is 0.418 e. The van der Waals surface area contributed by atoms with Gasteiger partial charge in [-0.2, -0.15) is 13.2 Å². The Kier molecular flexibility index (Phi) is 7.34. The number of carbonyl (C=O) groups is 3. The number of halogens is 4. The van der Waals surface area contributed by atoms with E-state index < -0.39 is 41.8 Å². The average molecular weight is 477 g/mol. The summed E-state index contributed by atoms with van der Waals surface area (Å²) in [6, 6.07) is 17.1. The van der Waals surface area contributed by atoms with Gasteiger partial charge in [0.2, 0.25) is 0 Å². The minimum Gasteiger partial charge on any atom is -0.452 e. The van der Waals surface area contributed by atoms with Gasteiger partial charge in [-0.05, 0) is 42.5 Å². The Morgan fingerprint density at radius 1 is 0.848 bits per heavy atom. The Labute approximate surface area is 191 Å². The first-order chi connectivity index (χ1) is 15.6. The van der Waals surface area contributed by atoms with Crippen LogP contribution in [0.3, 0.4) is 0 Å². The molecule has 6 nitrogen and oxygen atoms in total. The summed E-state index contributed by atoms with van der Waals surface area (Å²) in [6.07, 6.45) is -4.75. The Balaban J connectivity index is 1.66. The van der Waals surface area contributed by atoms with Gasteiger partial charge >= 0.3 is 12.1 Å². The van der Waals surface area contributed by atoms with E-state index in [9.17, 15) is 27.6 Å². The normalized spacial score (nSPS) is 10.9. The van der Waals surface area contributed by atoms with Gasteiger partial charge in [0, 0.05) is 10.6 Å². The number of hydrogen-bond donors (Lipinski definition) is 2. The Morgan fingerprint density at radius 2 is 1.52 bits per heavy atom. The highest BCUT2D eigenvalue weighted by atomic mass is 35.5. The Hall–Kier alpha value is -3.85. The maximum absolute atomic E-state index is 13.2. The molecule has 0 fully saturated rings. The molecule has 0 saturated carbocycles. The number of hydrogen-bond acceptors (Lipinski definition) is 4. The minimum absolute atomic E-state index is 0.0305. The molecule has 2 N–H and O–H groups in total. The number of anilines is 2. The van der Waals surface area contributed by atoms with Gasteiger partial charge in [0.15, 0.2) is 6.61 Å². The van der Waals surface area contributed by atoms with E-state index >= 15 is 0 Å². The van der Waals surface area contributed by atoms with Crippen LogP contribution in [-0.4, -0.2) is 24.4 Å². The Bertz CT molecular complexity index is 1180. The molecule has 3 rings (SSSR count). The van der Waals surface area contributed by atoms with E-state index in [1.807, 2.05) is 0 Å². The van der Waals surface area contributed by atoms with E-state index in [1.54, 1.807) is 36.4 Å². The molecular formula is C23H16ClF3N2O4. The van der Waals surface area contributed by atoms with E-state index in [1.165, 1.54) is 24.3 Å². The number of esters is 1. The van der Waals surface area contributed by atoms with Crippen molar-refractivity contribution in [2.75, 3.05) is 17.2 Å². The van der Waals surface area contributed by atoms with E-state index in [0.29, 0.717) is 11.6 Å². The molecule has 3 aromatic carbocycles. The second kappa shape index (κ2) is 10.2. The zero-order chi connectivity index (χ0) is 24.0. The lowest BCUT2D eigenvalue weighted by atomic mass is 10.1. The monoisotopic (exact) mass is 476 g/mol. The first-order valence-corrected chi connectivity index (χ1v) is 9.82. The van der Waals surface area contributed by atoms with Gasteiger partial charge in [-0.15, -0.1) is 0 Å². The highest BCUT2D eigenvalue weighted by Crippen LogP contribution is 2.36. The number of nitrogens with one attached hydrogen (secondary N) is 2. The zero-order valence-electron chi connectivity index (χ0n) is 16.8. The molecule has 33 heavy (non-hydrogen) atoms. The first-order valence-electron chi connectivity index (χ1n) is 9.44. The van der Waals surface area contributed by atoms with Crippen LogP contribution in [0.4, 0.5) is 24.5 Å². The van der Waals surface area contributed by atoms with Crippen LogP contribution >= 0.6 is 11.6 Å². The number of para-hydroxylation sites is 1. The summed E-state index contributed by atoms with van der Waals surface area (Å²) in [5.41, 5.74) is -1.18. The van der Waals surface area contributed by atoms with Crippen LogP contribution in [-0.2, 0) is 15.7 Å². The van der Waals surface area contributed by atoms with Crippen molar-refractivity contribution in [2.24, 2.45) is 0 Å². The lowest BCUT2D eigenvalue weighted by Gasteiger charge is -2.14. The molecule has 2 amide bonds. The van der Waals surface area contributed by atoms with Gasteiger partial charge in [-0.3, -0.25) is 9.59 Å². The fourth-order valence-electron chi connectivity index (χ4n) is 2.81. The number of rotatable bonds is 6. The number of carbonyl (C=O) groups excluding carboxylic acids is 3. The molecule has 0 aromatic heterocycles. The average Bonchev–Trinajstić information content (AvgIpc) is 2.79. The van der Waals surface area contributed by atoms with E-state index in [4.69, 9.17) is 16.3 Å². The number of ether oxygens (including phenoxy) is 1. The molecule has 0 saturated heterocycles. The summed E-state index contributed by atoms with van der Waals surface area (Å²) in [5, 5.41) is 4.49. The SMILES string of the molecule is O=C(COC(=O)c1ccccc1NC(=O)c1ccccc1)Nc1ccc(Cl)cc1C(F)(F)F.